The molecule has 4 rings (SSSR count). The Labute approximate surface area is 179 Å². The fraction of sp³-hybridized carbons (Fsp3) is 0.348. The molecule has 7 heteroatoms. The number of anilines is 1. The molecule has 1 aliphatic rings. The van der Waals surface area contributed by atoms with Gasteiger partial charge in [0.05, 0.1) is 17.7 Å². The van der Waals surface area contributed by atoms with E-state index in [1.165, 1.54) is 24.2 Å². The first-order valence-electron chi connectivity index (χ1n) is 10.1. The highest BCUT2D eigenvalue weighted by Crippen LogP contribution is 2.38. The lowest BCUT2D eigenvalue weighted by Gasteiger charge is -2.07. The Morgan fingerprint density at radius 3 is 2.63 bits per heavy atom. The van der Waals surface area contributed by atoms with E-state index in [1.54, 1.807) is 0 Å². The zero-order chi connectivity index (χ0) is 21.3. The largest absolute Gasteiger partial charge is 0.455 e. The van der Waals surface area contributed by atoms with Crippen LogP contribution in [-0.4, -0.2) is 21.4 Å². The van der Waals surface area contributed by atoms with Gasteiger partial charge in [0.2, 0.25) is 5.91 Å². The van der Waals surface area contributed by atoms with Crippen LogP contribution in [0.5, 0.6) is 0 Å². The number of carbonyl (C=O) groups is 2. The number of benzene rings is 1. The monoisotopic (exact) mass is 423 g/mol. The van der Waals surface area contributed by atoms with Crippen LogP contribution in [0.1, 0.15) is 56.9 Å². The topological polar surface area (TPSA) is 73.2 Å². The SMILES string of the molecule is Cc1ccc(NC(=O)Cc2nc(COC(=O)c3cc(C)n(C4CC4)c3C)cs2)cc1. The predicted molar refractivity (Wildman–Crippen MR) is 117 cm³/mol. The Bertz CT molecular complexity index is 1080. The molecular weight excluding hydrogens is 398 g/mol. The van der Waals surface area contributed by atoms with Gasteiger partial charge in [0.1, 0.15) is 11.6 Å². The summed E-state index contributed by atoms with van der Waals surface area (Å²) in [5, 5.41) is 5.39. The molecule has 156 valence electrons. The van der Waals surface area contributed by atoms with Gasteiger partial charge in [-0.15, -0.1) is 11.3 Å². The minimum atomic E-state index is -0.332. The number of thiazole rings is 1. The number of esters is 1. The molecule has 0 radical (unpaired) electrons. The lowest BCUT2D eigenvalue weighted by molar-refractivity contribution is -0.115. The molecule has 3 aromatic rings. The number of aromatic nitrogens is 2. The van der Waals surface area contributed by atoms with Gasteiger partial charge in [-0.05, 0) is 51.8 Å². The van der Waals surface area contributed by atoms with Crippen LogP contribution in [0, 0.1) is 20.8 Å². The average Bonchev–Trinajstić information content (AvgIpc) is 3.36. The molecule has 0 spiro atoms. The van der Waals surface area contributed by atoms with E-state index in [2.05, 4.69) is 14.9 Å². The third-order valence-electron chi connectivity index (χ3n) is 5.21. The van der Waals surface area contributed by atoms with E-state index in [0.29, 0.717) is 22.3 Å². The zero-order valence-electron chi connectivity index (χ0n) is 17.4. The number of hydrogen-bond acceptors (Lipinski definition) is 5. The van der Waals surface area contributed by atoms with E-state index >= 15 is 0 Å². The third-order valence-corrected chi connectivity index (χ3v) is 6.11. The minimum absolute atomic E-state index is 0.0992. The van der Waals surface area contributed by atoms with Crippen molar-refractivity contribution in [3.8, 4) is 0 Å². The molecule has 1 aliphatic carbocycles. The molecule has 1 amide bonds. The molecule has 0 atom stereocenters. The second-order valence-electron chi connectivity index (χ2n) is 7.79. The van der Waals surface area contributed by atoms with E-state index in [-0.39, 0.29) is 24.9 Å². The Morgan fingerprint density at radius 1 is 1.20 bits per heavy atom. The predicted octanol–water partition coefficient (Wildman–Crippen LogP) is 4.74. The van der Waals surface area contributed by atoms with Crippen molar-refractivity contribution in [3.63, 3.8) is 0 Å². The second-order valence-corrected chi connectivity index (χ2v) is 8.73. The molecule has 1 N–H and O–H groups in total. The second kappa shape index (κ2) is 8.44. The molecule has 6 nitrogen and oxygen atoms in total. The van der Waals surface area contributed by atoms with Crippen molar-refractivity contribution in [1.29, 1.82) is 0 Å². The molecule has 1 fully saturated rings. The van der Waals surface area contributed by atoms with E-state index < -0.39 is 0 Å². The Morgan fingerprint density at radius 2 is 1.93 bits per heavy atom. The van der Waals surface area contributed by atoms with Gasteiger partial charge in [-0.3, -0.25) is 4.79 Å². The number of aryl methyl sites for hydroxylation is 2. The first kappa shape index (κ1) is 20.3. The lowest BCUT2D eigenvalue weighted by Crippen LogP contribution is -2.14. The Kier molecular flexibility index (Phi) is 5.72. The maximum absolute atomic E-state index is 12.5. The number of rotatable bonds is 7. The average molecular weight is 424 g/mol. The van der Waals surface area contributed by atoms with Gasteiger partial charge in [0, 0.05) is 28.5 Å². The van der Waals surface area contributed by atoms with Crippen LogP contribution in [0.25, 0.3) is 0 Å². The first-order chi connectivity index (χ1) is 14.4. The van der Waals surface area contributed by atoms with Crippen molar-refractivity contribution in [2.24, 2.45) is 0 Å². The van der Waals surface area contributed by atoms with Crippen molar-refractivity contribution in [2.45, 2.75) is 52.7 Å². The van der Waals surface area contributed by atoms with E-state index in [1.807, 2.05) is 56.5 Å². The molecule has 2 aromatic heterocycles. The van der Waals surface area contributed by atoms with Crippen LogP contribution >= 0.6 is 11.3 Å². The van der Waals surface area contributed by atoms with Gasteiger partial charge in [-0.2, -0.15) is 0 Å². The summed E-state index contributed by atoms with van der Waals surface area (Å²) in [6, 6.07) is 10.1. The van der Waals surface area contributed by atoms with Crippen molar-refractivity contribution >= 4 is 28.9 Å². The summed E-state index contributed by atoms with van der Waals surface area (Å²) in [5.41, 5.74) is 5.24. The minimum Gasteiger partial charge on any atom is -0.455 e. The smallest absolute Gasteiger partial charge is 0.340 e. The molecule has 0 unspecified atom stereocenters. The van der Waals surface area contributed by atoms with Crippen LogP contribution in [0.2, 0.25) is 0 Å². The molecular formula is C23H25N3O3S. The maximum Gasteiger partial charge on any atom is 0.340 e. The summed E-state index contributed by atoms with van der Waals surface area (Å²) in [6.07, 6.45) is 2.53. The fourth-order valence-corrected chi connectivity index (χ4v) is 4.35. The summed E-state index contributed by atoms with van der Waals surface area (Å²) < 4.78 is 7.71. The van der Waals surface area contributed by atoms with Crippen molar-refractivity contribution in [3.05, 3.63) is 68.9 Å². The molecule has 0 bridgehead atoms. The summed E-state index contributed by atoms with van der Waals surface area (Å²) in [4.78, 5) is 29.2. The summed E-state index contributed by atoms with van der Waals surface area (Å²) in [7, 11) is 0. The third kappa shape index (κ3) is 4.62. The Hall–Kier alpha value is -2.93. The number of nitrogens with one attached hydrogen (secondary N) is 1. The van der Waals surface area contributed by atoms with Crippen molar-refractivity contribution < 1.29 is 14.3 Å². The van der Waals surface area contributed by atoms with Gasteiger partial charge in [0.25, 0.3) is 0 Å². The molecule has 2 heterocycles. The summed E-state index contributed by atoms with van der Waals surface area (Å²) >= 11 is 1.39. The van der Waals surface area contributed by atoms with Crippen LogP contribution < -0.4 is 5.32 Å². The highest BCUT2D eigenvalue weighted by atomic mass is 32.1. The van der Waals surface area contributed by atoms with Crippen molar-refractivity contribution in [2.75, 3.05) is 5.32 Å². The van der Waals surface area contributed by atoms with Crippen molar-refractivity contribution in [1.82, 2.24) is 9.55 Å². The molecule has 0 aliphatic heterocycles. The van der Waals surface area contributed by atoms with Crippen LogP contribution in [-0.2, 0) is 22.6 Å². The van der Waals surface area contributed by atoms with Crippen LogP contribution in [0.15, 0.2) is 35.7 Å². The number of ether oxygens (including phenoxy) is 1. The van der Waals surface area contributed by atoms with Gasteiger partial charge < -0.3 is 14.6 Å². The zero-order valence-corrected chi connectivity index (χ0v) is 18.2. The quantitative estimate of drug-likeness (QED) is 0.557. The highest BCUT2D eigenvalue weighted by Gasteiger charge is 2.28. The van der Waals surface area contributed by atoms with E-state index in [0.717, 1.165) is 22.6 Å². The van der Waals surface area contributed by atoms with E-state index in [9.17, 15) is 9.59 Å². The van der Waals surface area contributed by atoms with Gasteiger partial charge in [0.15, 0.2) is 0 Å². The van der Waals surface area contributed by atoms with Gasteiger partial charge in [-0.1, -0.05) is 17.7 Å². The summed E-state index contributed by atoms with van der Waals surface area (Å²) in [6.45, 7) is 6.09. The first-order valence-corrected chi connectivity index (χ1v) is 10.9. The Balaban J connectivity index is 1.31. The maximum atomic E-state index is 12.5. The van der Waals surface area contributed by atoms with E-state index in [4.69, 9.17) is 4.74 Å². The molecule has 0 saturated heterocycles. The standard InChI is InChI=1S/C23H25N3O3S/c1-14-4-6-17(7-5-14)24-21(27)11-22-25-18(13-30-22)12-29-23(28)20-10-15(2)26(16(20)3)19-8-9-19/h4-7,10,13,19H,8-9,11-12H2,1-3H3,(H,24,27). The number of carbonyl (C=O) groups excluding carboxylic acids is 2. The fourth-order valence-electron chi connectivity index (χ4n) is 3.57. The highest BCUT2D eigenvalue weighted by molar-refractivity contribution is 7.09. The lowest BCUT2D eigenvalue weighted by atomic mass is 10.2. The molecule has 30 heavy (non-hydrogen) atoms. The molecule has 1 saturated carbocycles. The van der Waals surface area contributed by atoms with Crippen LogP contribution in [0.4, 0.5) is 5.69 Å². The number of nitrogens with zero attached hydrogens (tertiary/aromatic N) is 2. The normalized spacial score (nSPS) is 13.3. The van der Waals surface area contributed by atoms with Gasteiger partial charge >= 0.3 is 5.97 Å². The van der Waals surface area contributed by atoms with Crippen LogP contribution in [0.3, 0.4) is 0 Å². The van der Waals surface area contributed by atoms with Gasteiger partial charge in [-0.25, -0.2) is 9.78 Å². The molecule has 1 aromatic carbocycles. The number of hydrogen-bond donors (Lipinski definition) is 1. The summed E-state index contributed by atoms with van der Waals surface area (Å²) in [5.74, 6) is -0.453. The number of amides is 1.